The quantitative estimate of drug-likeness (QED) is 0.249. The van der Waals surface area contributed by atoms with Gasteiger partial charge in [-0.25, -0.2) is 10.1 Å². The fourth-order valence-corrected chi connectivity index (χ4v) is 3.38. The van der Waals surface area contributed by atoms with E-state index in [1.54, 1.807) is 18.2 Å². The van der Waals surface area contributed by atoms with Crippen LogP contribution in [0.25, 0.3) is 5.82 Å². The van der Waals surface area contributed by atoms with Gasteiger partial charge >= 0.3 is 0 Å². The molecule has 3 aromatic heterocycles. The summed E-state index contributed by atoms with van der Waals surface area (Å²) in [6.07, 6.45) is 4.42. The lowest BCUT2D eigenvalue weighted by atomic mass is 10.3. The maximum Gasteiger partial charge on any atom is 0.293 e. The van der Waals surface area contributed by atoms with E-state index in [1.165, 1.54) is 35.2 Å². The first-order valence-electron chi connectivity index (χ1n) is 8.39. The predicted molar refractivity (Wildman–Crippen MR) is 108 cm³/mol. The number of amides is 1. The Bertz CT molecular complexity index is 1170. The molecule has 1 aromatic carbocycles. The number of hydrogen-bond donors (Lipinski definition) is 2. The summed E-state index contributed by atoms with van der Waals surface area (Å²) in [5, 5.41) is 19.7. The molecule has 0 bridgehead atoms. The van der Waals surface area contributed by atoms with E-state index in [0.717, 1.165) is 4.90 Å². The fraction of sp³-hybridized carbons (Fsp3) is 0.0588. The second-order valence-corrected chi connectivity index (χ2v) is 7.25. The molecule has 0 aliphatic rings. The van der Waals surface area contributed by atoms with Crippen molar-refractivity contribution in [3.63, 3.8) is 0 Å². The summed E-state index contributed by atoms with van der Waals surface area (Å²) in [4.78, 5) is 13.6. The summed E-state index contributed by atoms with van der Waals surface area (Å²) in [5.74, 6) is -0.0738. The van der Waals surface area contributed by atoms with Crippen molar-refractivity contribution < 1.29 is 13.8 Å². The van der Waals surface area contributed by atoms with E-state index in [2.05, 4.69) is 35.8 Å². The van der Waals surface area contributed by atoms with Gasteiger partial charge in [-0.1, -0.05) is 16.8 Å². The van der Waals surface area contributed by atoms with Gasteiger partial charge in [0.2, 0.25) is 11.6 Å². The Morgan fingerprint density at radius 3 is 2.83 bits per heavy atom. The number of nitrogens with zero attached hydrogens (tertiary/aromatic N) is 6. The molecule has 0 aliphatic heterocycles. The van der Waals surface area contributed by atoms with Gasteiger partial charge in [-0.15, -0.1) is 16.9 Å². The minimum atomic E-state index is -0.553. The van der Waals surface area contributed by atoms with Crippen LogP contribution >= 0.6 is 23.4 Å². The van der Waals surface area contributed by atoms with Crippen molar-refractivity contribution in [3.05, 3.63) is 64.8 Å². The molecule has 0 fully saturated rings. The Morgan fingerprint density at radius 2 is 2.13 bits per heavy atom. The van der Waals surface area contributed by atoms with Gasteiger partial charge in [-0.05, 0) is 40.6 Å². The number of aromatic nitrogens is 5. The molecule has 30 heavy (non-hydrogen) atoms. The second kappa shape index (κ2) is 8.80. The standard InChI is InChI=1S/C17H13ClN8O3S/c18-11-1-3-12(4-2-11)30-9-13-14(17(27)22-20-7-10-5-6-28-8-10)21-25-26(13)16-15(19)23-29-24-16/h1-8H,9H2,(H2,19,23)(H,22,27)/b20-7-. The van der Waals surface area contributed by atoms with Crippen molar-refractivity contribution in [1.82, 2.24) is 30.7 Å². The number of hydrazone groups is 1. The molecule has 13 heteroatoms. The molecular formula is C17H13ClN8O3S. The first-order valence-corrected chi connectivity index (χ1v) is 9.75. The predicted octanol–water partition coefficient (Wildman–Crippen LogP) is 2.54. The van der Waals surface area contributed by atoms with Crippen molar-refractivity contribution in [1.29, 1.82) is 0 Å². The van der Waals surface area contributed by atoms with E-state index in [1.807, 2.05) is 12.1 Å². The summed E-state index contributed by atoms with van der Waals surface area (Å²) >= 11 is 7.38. The zero-order valence-corrected chi connectivity index (χ0v) is 16.7. The minimum absolute atomic E-state index is 0.0163. The first kappa shape index (κ1) is 19.7. The molecule has 0 atom stereocenters. The van der Waals surface area contributed by atoms with Gasteiger partial charge in [0.15, 0.2) is 5.69 Å². The molecule has 0 spiro atoms. The summed E-state index contributed by atoms with van der Waals surface area (Å²) < 4.78 is 10.9. The summed E-state index contributed by atoms with van der Waals surface area (Å²) in [6.45, 7) is 0. The fourth-order valence-electron chi connectivity index (χ4n) is 2.36. The number of anilines is 1. The lowest BCUT2D eigenvalue weighted by Crippen LogP contribution is -2.20. The van der Waals surface area contributed by atoms with E-state index >= 15 is 0 Å². The van der Waals surface area contributed by atoms with Gasteiger partial charge in [0.25, 0.3) is 5.91 Å². The SMILES string of the molecule is Nc1nonc1-n1nnc(C(=O)N/N=C\c2ccoc2)c1CSc1ccc(Cl)cc1. The van der Waals surface area contributed by atoms with Crippen molar-refractivity contribution >= 4 is 41.3 Å². The smallest absolute Gasteiger partial charge is 0.293 e. The number of carbonyl (C=O) groups is 1. The molecule has 0 aliphatic carbocycles. The van der Waals surface area contributed by atoms with Crippen LogP contribution in [0, 0.1) is 0 Å². The number of nitrogens with one attached hydrogen (secondary N) is 1. The Kier molecular flexibility index (Phi) is 5.77. The van der Waals surface area contributed by atoms with Crippen LogP contribution in [0.5, 0.6) is 0 Å². The topological polar surface area (TPSA) is 150 Å². The van der Waals surface area contributed by atoms with Gasteiger partial charge in [-0.3, -0.25) is 4.79 Å². The van der Waals surface area contributed by atoms with Crippen molar-refractivity contribution in [2.24, 2.45) is 5.10 Å². The number of furan rings is 1. The van der Waals surface area contributed by atoms with Crippen LogP contribution < -0.4 is 11.2 Å². The largest absolute Gasteiger partial charge is 0.472 e. The summed E-state index contributed by atoms with van der Waals surface area (Å²) in [6, 6.07) is 8.97. The third-order valence-corrected chi connectivity index (χ3v) is 5.06. The van der Waals surface area contributed by atoms with Gasteiger partial charge in [0.1, 0.15) is 0 Å². The van der Waals surface area contributed by atoms with Crippen LogP contribution in [0.4, 0.5) is 5.82 Å². The lowest BCUT2D eigenvalue weighted by Gasteiger charge is -2.06. The maximum absolute atomic E-state index is 12.6. The van der Waals surface area contributed by atoms with Crippen molar-refractivity contribution in [2.45, 2.75) is 10.6 Å². The number of carbonyl (C=O) groups excluding carboxylic acids is 1. The molecular weight excluding hydrogens is 432 g/mol. The molecule has 0 unspecified atom stereocenters. The Hall–Kier alpha value is -3.64. The third kappa shape index (κ3) is 4.34. The highest BCUT2D eigenvalue weighted by molar-refractivity contribution is 7.98. The average Bonchev–Trinajstić information content (AvgIpc) is 3.48. The molecule has 11 nitrogen and oxygen atoms in total. The van der Waals surface area contributed by atoms with Gasteiger partial charge < -0.3 is 10.2 Å². The number of rotatable bonds is 7. The number of benzene rings is 1. The third-order valence-electron chi connectivity index (χ3n) is 3.79. The van der Waals surface area contributed by atoms with Crippen LogP contribution in [-0.2, 0) is 5.75 Å². The van der Waals surface area contributed by atoms with Crippen LogP contribution in [-0.4, -0.2) is 37.4 Å². The second-order valence-electron chi connectivity index (χ2n) is 5.77. The average molecular weight is 445 g/mol. The highest BCUT2D eigenvalue weighted by Gasteiger charge is 2.24. The number of hydrogen-bond acceptors (Lipinski definition) is 10. The highest BCUT2D eigenvalue weighted by Crippen LogP contribution is 2.27. The zero-order chi connectivity index (χ0) is 20.9. The van der Waals surface area contributed by atoms with E-state index in [9.17, 15) is 4.79 Å². The highest BCUT2D eigenvalue weighted by atomic mass is 35.5. The van der Waals surface area contributed by atoms with E-state index < -0.39 is 5.91 Å². The number of nitrogens with two attached hydrogens (primary N) is 1. The maximum atomic E-state index is 12.6. The van der Waals surface area contributed by atoms with Crippen molar-refractivity contribution in [2.75, 3.05) is 5.73 Å². The number of thioether (sulfide) groups is 1. The monoisotopic (exact) mass is 444 g/mol. The molecule has 4 aromatic rings. The molecule has 0 saturated carbocycles. The van der Waals surface area contributed by atoms with Crippen molar-refractivity contribution in [3.8, 4) is 5.82 Å². The molecule has 152 valence electrons. The van der Waals surface area contributed by atoms with Crippen LogP contribution in [0.3, 0.4) is 0 Å². The lowest BCUT2D eigenvalue weighted by molar-refractivity contribution is 0.0949. The Morgan fingerprint density at radius 1 is 1.30 bits per heavy atom. The Labute approximate surface area is 178 Å². The summed E-state index contributed by atoms with van der Waals surface area (Å²) in [5.41, 5.74) is 9.38. The first-order chi connectivity index (χ1) is 14.6. The normalized spacial score (nSPS) is 11.2. The van der Waals surface area contributed by atoms with Gasteiger partial charge in [-0.2, -0.15) is 9.78 Å². The van der Waals surface area contributed by atoms with E-state index in [0.29, 0.717) is 22.0 Å². The zero-order valence-electron chi connectivity index (χ0n) is 15.1. The van der Waals surface area contributed by atoms with E-state index in [4.69, 9.17) is 21.8 Å². The van der Waals surface area contributed by atoms with Gasteiger partial charge in [0.05, 0.1) is 24.4 Å². The molecule has 1 amide bonds. The van der Waals surface area contributed by atoms with Gasteiger partial charge in [0, 0.05) is 21.2 Å². The molecule has 3 heterocycles. The van der Waals surface area contributed by atoms with Crippen LogP contribution in [0.15, 0.2) is 61.9 Å². The Balaban J connectivity index is 1.59. The molecule has 0 radical (unpaired) electrons. The van der Waals surface area contributed by atoms with Crippen LogP contribution in [0.2, 0.25) is 5.02 Å². The number of nitrogen functional groups attached to an aromatic ring is 1. The number of halogens is 1. The minimum Gasteiger partial charge on any atom is -0.472 e. The summed E-state index contributed by atoms with van der Waals surface area (Å²) in [7, 11) is 0. The molecule has 0 saturated heterocycles. The molecule has 3 N–H and O–H groups in total. The van der Waals surface area contributed by atoms with E-state index in [-0.39, 0.29) is 17.3 Å². The van der Waals surface area contributed by atoms with Crippen LogP contribution in [0.1, 0.15) is 21.7 Å². The molecule has 4 rings (SSSR count).